The van der Waals surface area contributed by atoms with Gasteiger partial charge in [-0.2, -0.15) is 0 Å². The number of hydrogen-bond acceptors (Lipinski definition) is 5. The Morgan fingerprint density at radius 2 is 2.11 bits per heavy atom. The molecule has 0 aliphatic carbocycles. The van der Waals surface area contributed by atoms with Gasteiger partial charge in [0.25, 0.3) is 0 Å². The average molecular weight is 399 g/mol. The summed E-state index contributed by atoms with van der Waals surface area (Å²) in [6.07, 6.45) is 2.46. The summed E-state index contributed by atoms with van der Waals surface area (Å²) in [7, 11) is 1.18. The SMILES string of the molecule is COC(=O)/C(=C/c1ccc(Cl)cc1Oc1ccc2c(c1)NC(=O)CC2)N=[N+]=[N-]. The fourth-order valence-corrected chi connectivity index (χ4v) is 2.85. The molecule has 2 aromatic rings. The number of nitrogens with zero attached hydrogens (tertiary/aromatic N) is 3. The van der Waals surface area contributed by atoms with Crippen LogP contribution in [0.4, 0.5) is 5.69 Å². The van der Waals surface area contributed by atoms with Crippen molar-refractivity contribution in [1.82, 2.24) is 0 Å². The van der Waals surface area contributed by atoms with Crippen LogP contribution in [0.1, 0.15) is 17.5 Å². The van der Waals surface area contributed by atoms with Crippen molar-refractivity contribution in [2.45, 2.75) is 12.8 Å². The lowest BCUT2D eigenvalue weighted by Crippen LogP contribution is -2.18. The summed E-state index contributed by atoms with van der Waals surface area (Å²) in [5, 5.41) is 6.59. The van der Waals surface area contributed by atoms with Gasteiger partial charge in [0.05, 0.1) is 7.11 Å². The van der Waals surface area contributed by atoms with Crippen molar-refractivity contribution < 1.29 is 19.1 Å². The van der Waals surface area contributed by atoms with E-state index in [-0.39, 0.29) is 11.6 Å². The highest BCUT2D eigenvalue weighted by Gasteiger charge is 2.16. The minimum absolute atomic E-state index is 0.0480. The zero-order chi connectivity index (χ0) is 20.1. The van der Waals surface area contributed by atoms with Gasteiger partial charge < -0.3 is 14.8 Å². The van der Waals surface area contributed by atoms with Crippen molar-refractivity contribution in [2.75, 3.05) is 12.4 Å². The lowest BCUT2D eigenvalue weighted by atomic mass is 10.0. The Balaban J connectivity index is 1.98. The number of amides is 1. The maximum atomic E-state index is 11.8. The number of methoxy groups -OCH3 is 1. The van der Waals surface area contributed by atoms with Gasteiger partial charge in [0.2, 0.25) is 5.91 Å². The molecule has 0 spiro atoms. The van der Waals surface area contributed by atoms with Crippen LogP contribution in [0.15, 0.2) is 47.2 Å². The van der Waals surface area contributed by atoms with Gasteiger partial charge in [0.15, 0.2) is 0 Å². The number of rotatable bonds is 5. The molecule has 0 saturated heterocycles. The molecule has 0 atom stereocenters. The average Bonchev–Trinajstić information content (AvgIpc) is 2.68. The molecule has 0 bridgehead atoms. The van der Waals surface area contributed by atoms with Crippen molar-refractivity contribution in [3.63, 3.8) is 0 Å². The first-order valence-corrected chi connectivity index (χ1v) is 8.63. The molecule has 0 radical (unpaired) electrons. The standard InChI is InChI=1S/C19H15ClN4O4/c1-27-19(26)16(23-24-21)8-12-2-5-13(20)9-17(12)28-14-6-3-11-4-7-18(25)22-15(11)10-14/h2-3,5-6,8-10H,4,7H2,1H3,(H,22,25)/b16-8-. The summed E-state index contributed by atoms with van der Waals surface area (Å²) in [5.74, 6) is -0.0197. The van der Waals surface area contributed by atoms with Crippen LogP contribution in [0.3, 0.4) is 0 Å². The molecule has 28 heavy (non-hydrogen) atoms. The number of hydrogen-bond donors (Lipinski definition) is 1. The molecule has 1 N–H and O–H groups in total. The molecule has 0 unspecified atom stereocenters. The van der Waals surface area contributed by atoms with Crippen LogP contribution in [0, 0.1) is 0 Å². The summed E-state index contributed by atoms with van der Waals surface area (Å²) in [5.41, 5.74) is 10.6. The lowest BCUT2D eigenvalue weighted by Gasteiger charge is -2.18. The number of halogens is 1. The van der Waals surface area contributed by atoms with Crippen molar-refractivity contribution in [3.8, 4) is 11.5 Å². The number of carbonyl (C=O) groups is 2. The van der Waals surface area contributed by atoms with Crippen LogP contribution in [-0.4, -0.2) is 19.0 Å². The van der Waals surface area contributed by atoms with E-state index < -0.39 is 5.97 Å². The van der Waals surface area contributed by atoms with Gasteiger partial charge in [0.1, 0.15) is 17.2 Å². The molecule has 8 nitrogen and oxygen atoms in total. The van der Waals surface area contributed by atoms with Gasteiger partial charge >= 0.3 is 5.97 Å². The van der Waals surface area contributed by atoms with Crippen LogP contribution in [-0.2, 0) is 20.7 Å². The quantitative estimate of drug-likeness (QED) is 0.255. The maximum absolute atomic E-state index is 11.8. The van der Waals surface area contributed by atoms with Gasteiger partial charge in [-0.15, -0.1) is 0 Å². The fraction of sp³-hybridized carbons (Fsp3) is 0.158. The highest BCUT2D eigenvalue weighted by atomic mass is 35.5. The minimum atomic E-state index is -0.782. The van der Waals surface area contributed by atoms with E-state index in [1.165, 1.54) is 13.2 Å². The van der Waals surface area contributed by atoms with E-state index in [9.17, 15) is 9.59 Å². The molecule has 0 fully saturated rings. The summed E-state index contributed by atoms with van der Waals surface area (Å²) in [4.78, 5) is 26.0. The highest BCUT2D eigenvalue weighted by molar-refractivity contribution is 6.30. The molecule has 0 aromatic heterocycles. The molecule has 1 aliphatic heterocycles. The van der Waals surface area contributed by atoms with E-state index in [1.54, 1.807) is 30.3 Å². The summed E-state index contributed by atoms with van der Waals surface area (Å²) in [6, 6.07) is 10.2. The number of nitrogens with one attached hydrogen (secondary N) is 1. The van der Waals surface area contributed by atoms with E-state index >= 15 is 0 Å². The van der Waals surface area contributed by atoms with Gasteiger partial charge in [-0.05, 0) is 41.8 Å². The van der Waals surface area contributed by atoms with Crippen molar-refractivity contribution >= 4 is 35.2 Å². The Labute approximate surface area is 165 Å². The Kier molecular flexibility index (Phi) is 5.84. The fourth-order valence-electron chi connectivity index (χ4n) is 2.69. The lowest BCUT2D eigenvalue weighted by molar-refractivity contribution is -0.136. The minimum Gasteiger partial charge on any atom is -0.466 e. The molecule has 1 amide bonds. The summed E-state index contributed by atoms with van der Waals surface area (Å²) >= 11 is 6.07. The molecule has 142 valence electrons. The van der Waals surface area contributed by atoms with Crippen molar-refractivity contribution in [3.05, 3.63) is 68.7 Å². The molecule has 9 heteroatoms. The molecule has 2 aromatic carbocycles. The Morgan fingerprint density at radius 3 is 2.86 bits per heavy atom. The zero-order valence-electron chi connectivity index (χ0n) is 14.8. The van der Waals surface area contributed by atoms with Crippen LogP contribution in [0.2, 0.25) is 5.02 Å². The first kappa shape index (κ1) is 19.3. The van der Waals surface area contributed by atoms with Gasteiger partial charge in [-0.25, -0.2) is 4.79 Å². The first-order chi connectivity index (χ1) is 13.5. The third kappa shape index (κ3) is 4.43. The number of ether oxygens (including phenoxy) is 2. The predicted molar refractivity (Wildman–Crippen MR) is 104 cm³/mol. The number of anilines is 1. The number of esters is 1. The monoisotopic (exact) mass is 398 g/mol. The maximum Gasteiger partial charge on any atom is 0.340 e. The molecule has 0 saturated carbocycles. The number of azide groups is 1. The second kappa shape index (κ2) is 8.47. The van der Waals surface area contributed by atoms with Crippen molar-refractivity contribution in [1.29, 1.82) is 0 Å². The highest BCUT2D eigenvalue weighted by Crippen LogP contribution is 2.33. The molecule has 1 heterocycles. The van der Waals surface area contributed by atoms with Crippen LogP contribution in [0.25, 0.3) is 16.5 Å². The Bertz CT molecular complexity index is 1030. The molecule has 1 aliphatic rings. The summed E-state index contributed by atoms with van der Waals surface area (Å²) < 4.78 is 10.5. The van der Waals surface area contributed by atoms with E-state index in [4.69, 9.17) is 21.9 Å². The Morgan fingerprint density at radius 1 is 1.29 bits per heavy atom. The topological polar surface area (TPSA) is 113 Å². The molecular weight excluding hydrogens is 384 g/mol. The van der Waals surface area contributed by atoms with E-state index in [1.807, 2.05) is 6.07 Å². The third-order valence-electron chi connectivity index (χ3n) is 4.02. The Hall–Kier alpha value is -3.48. The third-order valence-corrected chi connectivity index (χ3v) is 4.25. The molecule has 3 rings (SSSR count). The second-order valence-electron chi connectivity index (χ2n) is 5.86. The van der Waals surface area contributed by atoms with Crippen molar-refractivity contribution in [2.24, 2.45) is 5.11 Å². The zero-order valence-corrected chi connectivity index (χ0v) is 15.6. The van der Waals surface area contributed by atoms with Crippen LogP contribution < -0.4 is 10.1 Å². The van der Waals surface area contributed by atoms with Gasteiger partial charge in [-0.3, -0.25) is 4.79 Å². The van der Waals surface area contributed by atoms with E-state index in [0.29, 0.717) is 40.6 Å². The predicted octanol–water partition coefficient (Wildman–Crippen LogP) is 4.84. The number of carbonyl (C=O) groups excluding carboxylic acids is 2. The smallest absolute Gasteiger partial charge is 0.340 e. The van der Waals surface area contributed by atoms with Gasteiger partial charge in [0, 0.05) is 39.7 Å². The summed E-state index contributed by atoms with van der Waals surface area (Å²) in [6.45, 7) is 0. The second-order valence-corrected chi connectivity index (χ2v) is 6.30. The normalized spacial score (nSPS) is 13.1. The molecular formula is C19H15ClN4O4. The van der Waals surface area contributed by atoms with Crippen LogP contribution >= 0.6 is 11.6 Å². The number of benzene rings is 2. The van der Waals surface area contributed by atoms with E-state index in [0.717, 1.165) is 5.56 Å². The number of aryl methyl sites for hydroxylation is 1. The van der Waals surface area contributed by atoms with Gasteiger partial charge in [-0.1, -0.05) is 22.8 Å². The van der Waals surface area contributed by atoms with E-state index in [2.05, 4.69) is 20.1 Å². The largest absolute Gasteiger partial charge is 0.466 e. The first-order valence-electron chi connectivity index (χ1n) is 8.25. The number of fused-ring (bicyclic) bond motifs is 1. The van der Waals surface area contributed by atoms with Crippen LogP contribution in [0.5, 0.6) is 11.5 Å².